The third kappa shape index (κ3) is 4.36. The van der Waals surface area contributed by atoms with Gasteiger partial charge in [0.05, 0.1) is 5.71 Å². The van der Waals surface area contributed by atoms with Crippen LogP contribution in [0.3, 0.4) is 0 Å². The number of nitrogens with zero attached hydrogens (tertiary/aromatic N) is 1. The van der Waals surface area contributed by atoms with Crippen LogP contribution in [0.5, 0.6) is 0 Å². The fraction of sp³-hybridized carbons (Fsp3) is 0.526. The smallest absolute Gasteiger partial charge is 0.175 e. The minimum absolute atomic E-state index is 0.671. The van der Waals surface area contributed by atoms with E-state index in [1.807, 2.05) is 13.8 Å². The molecule has 0 spiro atoms. The minimum atomic E-state index is 0.671. The molecule has 1 saturated heterocycles. The van der Waals surface area contributed by atoms with Crippen molar-refractivity contribution in [2.75, 3.05) is 6.61 Å². The predicted octanol–water partition coefficient (Wildman–Crippen LogP) is 4.98. The second kappa shape index (κ2) is 7.48. The number of hydrogen-bond donors (Lipinski definition) is 0. The van der Waals surface area contributed by atoms with E-state index in [-0.39, 0.29) is 0 Å². The summed E-state index contributed by atoms with van der Waals surface area (Å²) >= 11 is 0. The Bertz CT molecular complexity index is 577. The van der Waals surface area contributed by atoms with Crippen LogP contribution in [0.15, 0.2) is 34.9 Å². The number of benzene rings is 1. The molecule has 0 radical (unpaired) electrons. The standard InChI is InChI=1S/C19H27NO2/c1-6-16(7-2)11-17-8-9-18(10-13(17)3)14(4)20-22-15(5)19-12-21-19/h8-10,16H,6-7,11-12H2,1-5H3. The maximum Gasteiger partial charge on any atom is 0.175 e. The Morgan fingerprint density at radius 2 is 1.95 bits per heavy atom. The van der Waals surface area contributed by atoms with E-state index >= 15 is 0 Å². The highest BCUT2D eigenvalue weighted by Gasteiger charge is 2.18. The van der Waals surface area contributed by atoms with Gasteiger partial charge in [-0.2, -0.15) is 0 Å². The maximum absolute atomic E-state index is 5.39. The number of ether oxygens (including phenoxy) is 1. The van der Waals surface area contributed by atoms with Crippen molar-refractivity contribution in [2.45, 2.75) is 53.9 Å². The number of oxime groups is 1. The van der Waals surface area contributed by atoms with E-state index in [4.69, 9.17) is 9.57 Å². The third-order valence-corrected chi connectivity index (χ3v) is 4.42. The van der Waals surface area contributed by atoms with E-state index in [0.717, 1.165) is 35.1 Å². The van der Waals surface area contributed by atoms with Crippen LogP contribution in [0.1, 0.15) is 57.2 Å². The number of allylic oxidation sites excluding steroid dienone is 1. The molecule has 0 aromatic heterocycles. The van der Waals surface area contributed by atoms with E-state index in [1.54, 1.807) is 0 Å². The number of hydrogen-bond acceptors (Lipinski definition) is 3. The first-order valence-electron chi connectivity index (χ1n) is 8.19. The molecule has 1 heterocycles. The fourth-order valence-corrected chi connectivity index (χ4v) is 2.52. The monoisotopic (exact) mass is 301 g/mol. The Labute approximate surface area is 134 Å². The number of epoxide rings is 1. The van der Waals surface area contributed by atoms with Crippen LogP contribution in [0, 0.1) is 12.8 Å². The molecule has 1 aliphatic heterocycles. The van der Waals surface area contributed by atoms with Crippen molar-refractivity contribution in [3.63, 3.8) is 0 Å². The van der Waals surface area contributed by atoms with E-state index in [9.17, 15) is 0 Å². The molecule has 1 fully saturated rings. The van der Waals surface area contributed by atoms with Gasteiger partial charge in [0.2, 0.25) is 0 Å². The van der Waals surface area contributed by atoms with Gasteiger partial charge in [-0.3, -0.25) is 0 Å². The van der Waals surface area contributed by atoms with Gasteiger partial charge in [-0.1, -0.05) is 44.0 Å². The second-order valence-corrected chi connectivity index (χ2v) is 6.06. The highest BCUT2D eigenvalue weighted by atomic mass is 16.7. The van der Waals surface area contributed by atoms with Crippen LogP contribution < -0.4 is 0 Å². The molecule has 22 heavy (non-hydrogen) atoms. The molecule has 120 valence electrons. The first-order valence-corrected chi connectivity index (χ1v) is 8.19. The molecule has 0 atom stereocenters. The lowest BCUT2D eigenvalue weighted by Gasteiger charge is -2.15. The van der Waals surface area contributed by atoms with Gasteiger partial charge in [-0.25, -0.2) is 0 Å². The molecule has 3 heteroatoms. The van der Waals surface area contributed by atoms with Crippen LogP contribution in [0.25, 0.3) is 0 Å². The second-order valence-electron chi connectivity index (χ2n) is 6.06. The molecule has 1 aromatic carbocycles. The first kappa shape index (κ1) is 16.6. The van der Waals surface area contributed by atoms with Gasteiger partial charge in [0, 0.05) is 6.92 Å². The lowest BCUT2D eigenvalue weighted by Crippen LogP contribution is -2.05. The van der Waals surface area contributed by atoms with Gasteiger partial charge < -0.3 is 9.57 Å². The van der Waals surface area contributed by atoms with Gasteiger partial charge in [-0.15, -0.1) is 0 Å². The summed E-state index contributed by atoms with van der Waals surface area (Å²) in [5.74, 6) is 2.42. The fourth-order valence-electron chi connectivity index (χ4n) is 2.52. The average molecular weight is 301 g/mol. The molecular formula is C19H27NO2. The number of rotatable bonds is 7. The van der Waals surface area contributed by atoms with Gasteiger partial charge in [0.1, 0.15) is 6.61 Å². The summed E-state index contributed by atoms with van der Waals surface area (Å²) in [4.78, 5) is 5.39. The largest absolute Gasteiger partial charge is 0.483 e. The molecule has 0 bridgehead atoms. The van der Waals surface area contributed by atoms with Crippen molar-refractivity contribution in [2.24, 2.45) is 11.1 Å². The molecule has 0 amide bonds. The van der Waals surface area contributed by atoms with Crippen LogP contribution >= 0.6 is 0 Å². The van der Waals surface area contributed by atoms with Gasteiger partial charge in [-0.05, 0) is 48.9 Å². The van der Waals surface area contributed by atoms with Crippen molar-refractivity contribution < 1.29 is 9.57 Å². The van der Waals surface area contributed by atoms with Gasteiger partial charge >= 0.3 is 0 Å². The average Bonchev–Trinajstić information content (AvgIpc) is 3.36. The summed E-state index contributed by atoms with van der Waals surface area (Å²) in [7, 11) is 0. The maximum atomic E-state index is 5.39. The molecule has 2 rings (SSSR count). The van der Waals surface area contributed by atoms with Crippen LogP contribution in [-0.4, -0.2) is 12.3 Å². The van der Waals surface area contributed by atoms with E-state index in [2.05, 4.69) is 44.1 Å². The van der Waals surface area contributed by atoms with Crippen LogP contribution in [-0.2, 0) is 16.0 Å². The van der Waals surface area contributed by atoms with Crippen molar-refractivity contribution in [3.8, 4) is 0 Å². The normalized spacial score (nSPS) is 16.5. The summed E-state index contributed by atoms with van der Waals surface area (Å²) in [5.41, 5.74) is 4.77. The molecule has 0 aliphatic carbocycles. The Morgan fingerprint density at radius 1 is 1.27 bits per heavy atom. The Morgan fingerprint density at radius 3 is 2.50 bits per heavy atom. The summed E-state index contributed by atoms with van der Waals surface area (Å²) in [6.45, 7) is 11.2. The molecule has 1 aliphatic rings. The lowest BCUT2D eigenvalue weighted by atomic mass is 9.91. The molecular weight excluding hydrogens is 274 g/mol. The molecule has 0 N–H and O–H groups in total. The predicted molar refractivity (Wildman–Crippen MR) is 90.9 cm³/mol. The van der Waals surface area contributed by atoms with E-state index in [1.165, 1.54) is 24.0 Å². The van der Waals surface area contributed by atoms with Gasteiger partial charge in [0.15, 0.2) is 11.5 Å². The highest BCUT2D eigenvalue weighted by molar-refractivity contribution is 5.98. The minimum Gasteiger partial charge on any atom is -0.483 e. The zero-order chi connectivity index (χ0) is 16.1. The van der Waals surface area contributed by atoms with E-state index in [0.29, 0.717) is 6.61 Å². The Kier molecular flexibility index (Phi) is 5.64. The molecule has 0 saturated carbocycles. The molecule has 0 unspecified atom stereocenters. The van der Waals surface area contributed by atoms with Crippen LogP contribution in [0.4, 0.5) is 0 Å². The summed E-state index contributed by atoms with van der Waals surface area (Å²) in [5, 5.41) is 4.20. The summed E-state index contributed by atoms with van der Waals surface area (Å²) < 4.78 is 5.09. The topological polar surface area (TPSA) is 34.1 Å². The quantitative estimate of drug-likeness (QED) is 0.308. The van der Waals surface area contributed by atoms with Crippen molar-refractivity contribution in [1.29, 1.82) is 0 Å². The highest BCUT2D eigenvalue weighted by Crippen LogP contribution is 2.22. The van der Waals surface area contributed by atoms with Crippen LogP contribution in [0.2, 0.25) is 0 Å². The number of aryl methyl sites for hydroxylation is 1. The van der Waals surface area contributed by atoms with Crippen molar-refractivity contribution >= 4 is 5.71 Å². The summed E-state index contributed by atoms with van der Waals surface area (Å²) in [6, 6.07) is 6.58. The third-order valence-electron chi connectivity index (χ3n) is 4.42. The molecule has 3 nitrogen and oxygen atoms in total. The molecule has 1 aromatic rings. The Balaban J connectivity index is 2.07. The van der Waals surface area contributed by atoms with Crippen molar-refractivity contribution in [1.82, 2.24) is 0 Å². The van der Waals surface area contributed by atoms with E-state index < -0.39 is 0 Å². The van der Waals surface area contributed by atoms with Crippen molar-refractivity contribution in [3.05, 3.63) is 46.4 Å². The zero-order valence-electron chi connectivity index (χ0n) is 14.4. The zero-order valence-corrected chi connectivity index (χ0v) is 14.4. The summed E-state index contributed by atoms with van der Waals surface area (Å²) in [6.07, 6.45) is 3.64. The first-order chi connectivity index (χ1) is 10.5. The van der Waals surface area contributed by atoms with Gasteiger partial charge in [0.25, 0.3) is 0 Å². The SMILES string of the molecule is CCC(CC)Cc1ccc(C(C)=NOC(C)=C2CO2)cc1C. The Hall–Kier alpha value is -1.77. The lowest BCUT2D eigenvalue weighted by molar-refractivity contribution is 0.223.